The van der Waals surface area contributed by atoms with Gasteiger partial charge in [-0.15, -0.1) is 0 Å². The molecule has 2 N–H and O–H groups in total. The molecule has 2 rings (SSSR count). The average Bonchev–Trinajstić information content (AvgIpc) is 2.53. The van der Waals surface area contributed by atoms with Crippen LogP contribution in [-0.4, -0.2) is 40.0 Å². The number of amides is 1. The van der Waals surface area contributed by atoms with Gasteiger partial charge in [-0.1, -0.05) is 18.2 Å². The molecular weight excluding hydrogens is 322 g/mol. The van der Waals surface area contributed by atoms with Gasteiger partial charge in [-0.25, -0.2) is 0 Å². The van der Waals surface area contributed by atoms with E-state index in [1.807, 2.05) is 18.2 Å². The number of carbonyl (C=O) groups excluding carboxylic acids is 1. The molecule has 0 radical (unpaired) electrons. The minimum Gasteiger partial charge on any atom is -0.389 e. The van der Waals surface area contributed by atoms with Crippen molar-refractivity contribution in [3.63, 3.8) is 0 Å². The third kappa shape index (κ3) is 5.02. The van der Waals surface area contributed by atoms with E-state index in [4.69, 9.17) is 0 Å². The second-order valence-corrected chi connectivity index (χ2v) is 6.45. The number of anilines is 2. The lowest BCUT2D eigenvalue weighted by Gasteiger charge is -2.25. The summed E-state index contributed by atoms with van der Waals surface area (Å²) in [6, 6.07) is 13.3. The molecule has 7 nitrogen and oxygen atoms in total. The Labute approximate surface area is 146 Å². The third-order valence-electron chi connectivity index (χ3n) is 3.46. The third-order valence-corrected chi connectivity index (χ3v) is 3.46. The van der Waals surface area contributed by atoms with Crippen molar-refractivity contribution in [3.05, 3.63) is 64.2 Å². The molecule has 0 aliphatic rings. The molecule has 0 aromatic heterocycles. The van der Waals surface area contributed by atoms with Gasteiger partial charge < -0.3 is 15.3 Å². The summed E-state index contributed by atoms with van der Waals surface area (Å²) in [6.45, 7) is 3.29. The first-order chi connectivity index (χ1) is 11.7. The number of para-hydroxylation sites is 1. The zero-order valence-corrected chi connectivity index (χ0v) is 14.4. The Hall–Kier alpha value is -2.93. The molecule has 0 atom stereocenters. The maximum atomic E-state index is 12.4. The second kappa shape index (κ2) is 7.31. The highest BCUT2D eigenvalue weighted by atomic mass is 16.6. The summed E-state index contributed by atoms with van der Waals surface area (Å²) in [6.07, 6.45) is 0. The fourth-order valence-corrected chi connectivity index (χ4v) is 2.47. The molecule has 2 aromatic rings. The minimum absolute atomic E-state index is 0.115. The fraction of sp³-hybridized carbons (Fsp3) is 0.278. The molecule has 7 heteroatoms. The van der Waals surface area contributed by atoms with Crippen LogP contribution in [0.4, 0.5) is 17.1 Å². The quantitative estimate of drug-likeness (QED) is 0.620. The smallest absolute Gasteiger partial charge is 0.293 e. The summed E-state index contributed by atoms with van der Waals surface area (Å²) in [7, 11) is 1.54. The molecule has 0 spiro atoms. The number of hydrogen-bond donors (Lipinski definition) is 2. The number of nitro groups is 1. The largest absolute Gasteiger partial charge is 0.389 e. The molecule has 1 amide bonds. The predicted molar refractivity (Wildman–Crippen MR) is 96.1 cm³/mol. The average molecular weight is 343 g/mol. The van der Waals surface area contributed by atoms with Gasteiger partial charge in [0.15, 0.2) is 0 Å². The van der Waals surface area contributed by atoms with Crippen molar-refractivity contribution in [1.82, 2.24) is 4.90 Å². The van der Waals surface area contributed by atoms with E-state index in [9.17, 15) is 20.0 Å². The first kappa shape index (κ1) is 18.4. The van der Waals surface area contributed by atoms with Gasteiger partial charge in [0.2, 0.25) is 0 Å². The molecule has 0 aliphatic heterocycles. The van der Waals surface area contributed by atoms with Crippen LogP contribution < -0.4 is 5.32 Å². The summed E-state index contributed by atoms with van der Waals surface area (Å²) in [5.41, 5.74) is -0.0318. The number of hydrogen-bond acceptors (Lipinski definition) is 5. The summed E-state index contributed by atoms with van der Waals surface area (Å²) in [5, 5.41) is 24.2. The van der Waals surface area contributed by atoms with Crippen LogP contribution in [0.25, 0.3) is 0 Å². The van der Waals surface area contributed by atoms with Gasteiger partial charge in [0.1, 0.15) is 5.69 Å². The van der Waals surface area contributed by atoms with E-state index in [-0.39, 0.29) is 17.8 Å². The van der Waals surface area contributed by atoms with Gasteiger partial charge in [-0.2, -0.15) is 0 Å². The normalized spacial score (nSPS) is 11.0. The Bertz CT molecular complexity index is 770. The lowest BCUT2D eigenvalue weighted by atomic mass is 10.1. The van der Waals surface area contributed by atoms with E-state index in [1.54, 1.807) is 33.0 Å². The highest BCUT2D eigenvalue weighted by molar-refractivity contribution is 5.95. The first-order valence-electron chi connectivity index (χ1n) is 7.76. The Morgan fingerprint density at radius 1 is 1.24 bits per heavy atom. The number of rotatable bonds is 6. The highest BCUT2D eigenvalue weighted by Crippen LogP contribution is 2.29. The van der Waals surface area contributed by atoms with E-state index in [0.29, 0.717) is 11.4 Å². The SMILES string of the molecule is CN(CC(C)(C)O)C(=O)c1ccc(Nc2ccccc2)c([N+](=O)[O-])c1. The van der Waals surface area contributed by atoms with E-state index in [0.717, 1.165) is 0 Å². The van der Waals surface area contributed by atoms with Crippen LogP contribution in [0.15, 0.2) is 48.5 Å². The van der Waals surface area contributed by atoms with Crippen LogP contribution in [0.5, 0.6) is 0 Å². The standard InChI is InChI=1S/C18H21N3O4/c1-18(2,23)12-20(3)17(22)13-9-10-15(16(11-13)21(24)25)19-14-7-5-4-6-8-14/h4-11,19,23H,12H2,1-3H3. The number of nitro benzene ring substituents is 1. The van der Waals surface area contributed by atoms with Crippen molar-refractivity contribution in [2.24, 2.45) is 0 Å². The summed E-state index contributed by atoms with van der Waals surface area (Å²) in [5.74, 6) is -0.392. The number of aliphatic hydroxyl groups is 1. The number of carbonyl (C=O) groups is 1. The fourth-order valence-electron chi connectivity index (χ4n) is 2.47. The summed E-state index contributed by atoms with van der Waals surface area (Å²) < 4.78 is 0. The van der Waals surface area contributed by atoms with E-state index >= 15 is 0 Å². The Balaban J connectivity index is 2.29. The summed E-state index contributed by atoms with van der Waals surface area (Å²) >= 11 is 0. The van der Waals surface area contributed by atoms with Crippen LogP contribution in [0, 0.1) is 10.1 Å². The van der Waals surface area contributed by atoms with Crippen molar-refractivity contribution >= 4 is 23.0 Å². The molecule has 0 fully saturated rings. The van der Waals surface area contributed by atoms with Crippen LogP contribution >= 0.6 is 0 Å². The van der Waals surface area contributed by atoms with Gasteiger partial charge in [0.05, 0.1) is 10.5 Å². The maximum absolute atomic E-state index is 12.4. The second-order valence-electron chi connectivity index (χ2n) is 6.45. The van der Waals surface area contributed by atoms with E-state index in [2.05, 4.69) is 5.32 Å². The van der Waals surface area contributed by atoms with Crippen molar-refractivity contribution < 1.29 is 14.8 Å². The molecule has 0 saturated heterocycles. The lowest BCUT2D eigenvalue weighted by molar-refractivity contribution is -0.383. The van der Waals surface area contributed by atoms with Crippen LogP contribution in [-0.2, 0) is 0 Å². The van der Waals surface area contributed by atoms with Crippen molar-refractivity contribution in [2.45, 2.75) is 19.4 Å². The van der Waals surface area contributed by atoms with E-state index < -0.39 is 16.4 Å². The molecule has 25 heavy (non-hydrogen) atoms. The summed E-state index contributed by atoms with van der Waals surface area (Å²) in [4.78, 5) is 24.6. The van der Waals surface area contributed by atoms with Crippen molar-refractivity contribution in [1.29, 1.82) is 0 Å². The van der Waals surface area contributed by atoms with Crippen LogP contribution in [0.1, 0.15) is 24.2 Å². The number of nitrogens with zero attached hydrogens (tertiary/aromatic N) is 2. The van der Waals surface area contributed by atoms with Crippen molar-refractivity contribution in [2.75, 3.05) is 18.9 Å². The molecule has 0 aliphatic carbocycles. The van der Waals surface area contributed by atoms with Crippen LogP contribution in [0.3, 0.4) is 0 Å². The van der Waals surface area contributed by atoms with Gasteiger partial charge in [-0.05, 0) is 38.1 Å². The van der Waals surface area contributed by atoms with Gasteiger partial charge in [0.25, 0.3) is 11.6 Å². The molecular formula is C18H21N3O4. The van der Waals surface area contributed by atoms with Gasteiger partial charge in [0, 0.05) is 30.9 Å². The lowest BCUT2D eigenvalue weighted by Crippen LogP contribution is -2.39. The van der Waals surface area contributed by atoms with Gasteiger partial charge >= 0.3 is 0 Å². The number of benzene rings is 2. The maximum Gasteiger partial charge on any atom is 0.293 e. The van der Waals surface area contributed by atoms with Crippen LogP contribution in [0.2, 0.25) is 0 Å². The number of likely N-dealkylation sites (N-methyl/N-ethyl adjacent to an activating group) is 1. The number of nitrogens with one attached hydrogen (secondary N) is 1. The zero-order chi connectivity index (χ0) is 18.6. The molecule has 0 heterocycles. The molecule has 0 bridgehead atoms. The Morgan fingerprint density at radius 3 is 2.44 bits per heavy atom. The topological polar surface area (TPSA) is 95.7 Å². The predicted octanol–water partition coefficient (Wildman–Crippen LogP) is 3.18. The monoisotopic (exact) mass is 343 g/mol. The Morgan fingerprint density at radius 2 is 1.88 bits per heavy atom. The van der Waals surface area contributed by atoms with Crippen molar-refractivity contribution in [3.8, 4) is 0 Å². The van der Waals surface area contributed by atoms with Gasteiger partial charge in [-0.3, -0.25) is 14.9 Å². The minimum atomic E-state index is -1.05. The zero-order valence-electron chi connectivity index (χ0n) is 14.4. The molecule has 0 saturated carbocycles. The highest BCUT2D eigenvalue weighted by Gasteiger charge is 2.23. The molecule has 2 aromatic carbocycles. The molecule has 0 unspecified atom stereocenters. The molecule has 132 valence electrons. The first-order valence-corrected chi connectivity index (χ1v) is 7.76. The van der Waals surface area contributed by atoms with E-state index in [1.165, 1.54) is 23.1 Å². The Kier molecular flexibility index (Phi) is 5.38.